The van der Waals surface area contributed by atoms with E-state index in [4.69, 9.17) is 11.6 Å². The number of benzene rings is 1. The first-order valence-corrected chi connectivity index (χ1v) is 6.64. The average Bonchev–Trinajstić information content (AvgIpc) is 2.90. The van der Waals surface area contributed by atoms with Crippen molar-refractivity contribution in [2.24, 2.45) is 0 Å². The number of halogens is 4. The quantitative estimate of drug-likeness (QED) is 0.624. The second kappa shape index (κ2) is 4.68. The molecule has 102 valence electrons. The van der Waals surface area contributed by atoms with Crippen LogP contribution in [-0.4, -0.2) is 15.0 Å². The minimum Gasteiger partial charge on any atom is -0.252 e. The Labute approximate surface area is 120 Å². The normalized spacial score (nSPS) is 12.0. The van der Waals surface area contributed by atoms with Crippen molar-refractivity contribution in [3.8, 4) is 10.7 Å². The van der Waals surface area contributed by atoms with Gasteiger partial charge in [0.1, 0.15) is 5.15 Å². The van der Waals surface area contributed by atoms with Crippen LogP contribution in [0.2, 0.25) is 5.15 Å². The molecule has 0 aliphatic heterocycles. The van der Waals surface area contributed by atoms with Crippen molar-refractivity contribution in [1.82, 2.24) is 15.0 Å². The van der Waals surface area contributed by atoms with Gasteiger partial charge in [-0.15, -0.1) is 11.3 Å². The SMILES string of the molecule is FC(F)(F)c1ccc2c(Cl)nc(-c3cncs3)nc2c1. The monoisotopic (exact) mass is 315 g/mol. The summed E-state index contributed by atoms with van der Waals surface area (Å²) in [5, 5.41) is 0.500. The summed E-state index contributed by atoms with van der Waals surface area (Å²) in [6.45, 7) is 0. The van der Waals surface area contributed by atoms with Crippen LogP contribution in [0.25, 0.3) is 21.6 Å². The smallest absolute Gasteiger partial charge is 0.252 e. The highest BCUT2D eigenvalue weighted by Crippen LogP contribution is 2.33. The molecule has 0 saturated carbocycles. The zero-order chi connectivity index (χ0) is 14.3. The van der Waals surface area contributed by atoms with Crippen LogP contribution in [0.4, 0.5) is 13.2 Å². The fourth-order valence-corrected chi connectivity index (χ4v) is 2.50. The lowest BCUT2D eigenvalue weighted by Gasteiger charge is -2.08. The average molecular weight is 316 g/mol. The van der Waals surface area contributed by atoms with Crippen molar-refractivity contribution in [3.63, 3.8) is 0 Å². The van der Waals surface area contributed by atoms with E-state index < -0.39 is 11.7 Å². The molecule has 0 N–H and O–H groups in total. The first-order chi connectivity index (χ1) is 9.45. The molecule has 2 heterocycles. The fourth-order valence-electron chi connectivity index (χ4n) is 1.70. The molecule has 0 aliphatic rings. The van der Waals surface area contributed by atoms with E-state index in [-0.39, 0.29) is 16.5 Å². The molecule has 0 unspecified atom stereocenters. The van der Waals surface area contributed by atoms with E-state index in [2.05, 4.69) is 15.0 Å². The molecule has 3 nitrogen and oxygen atoms in total. The van der Waals surface area contributed by atoms with Crippen molar-refractivity contribution in [2.45, 2.75) is 6.18 Å². The highest BCUT2D eigenvalue weighted by atomic mass is 35.5. The molecule has 0 radical (unpaired) electrons. The zero-order valence-corrected chi connectivity index (χ0v) is 11.2. The largest absolute Gasteiger partial charge is 0.416 e. The van der Waals surface area contributed by atoms with Gasteiger partial charge in [-0.3, -0.25) is 4.98 Å². The van der Waals surface area contributed by atoms with Crippen molar-refractivity contribution < 1.29 is 13.2 Å². The topological polar surface area (TPSA) is 38.7 Å². The molecular weight excluding hydrogens is 311 g/mol. The lowest BCUT2D eigenvalue weighted by atomic mass is 10.1. The summed E-state index contributed by atoms with van der Waals surface area (Å²) in [6.07, 6.45) is -2.88. The van der Waals surface area contributed by atoms with Gasteiger partial charge in [0.2, 0.25) is 0 Å². The number of hydrogen-bond acceptors (Lipinski definition) is 4. The van der Waals surface area contributed by atoms with Gasteiger partial charge in [-0.2, -0.15) is 13.2 Å². The summed E-state index contributed by atoms with van der Waals surface area (Å²) in [5.41, 5.74) is 0.974. The number of thiazole rings is 1. The van der Waals surface area contributed by atoms with Gasteiger partial charge in [-0.25, -0.2) is 9.97 Å². The Kier molecular flexibility index (Phi) is 3.10. The third-order valence-electron chi connectivity index (χ3n) is 2.63. The van der Waals surface area contributed by atoms with Crippen LogP contribution in [-0.2, 0) is 6.18 Å². The third kappa shape index (κ3) is 2.34. The Bertz CT molecular complexity index is 771. The zero-order valence-electron chi connectivity index (χ0n) is 9.65. The van der Waals surface area contributed by atoms with E-state index in [1.165, 1.54) is 23.6 Å². The molecule has 0 atom stereocenters. The number of hydrogen-bond donors (Lipinski definition) is 0. The number of alkyl halides is 3. The lowest BCUT2D eigenvalue weighted by Crippen LogP contribution is -2.05. The molecule has 0 bridgehead atoms. The van der Waals surface area contributed by atoms with Crippen LogP contribution < -0.4 is 0 Å². The summed E-state index contributed by atoms with van der Waals surface area (Å²) < 4.78 is 38.1. The van der Waals surface area contributed by atoms with Gasteiger partial charge in [0.25, 0.3) is 0 Å². The standard InChI is InChI=1S/C12H5ClF3N3S/c13-10-7-2-1-6(12(14,15)16)3-8(7)18-11(19-10)9-4-17-5-20-9/h1-5H. The minimum absolute atomic E-state index is 0.118. The van der Waals surface area contributed by atoms with Gasteiger partial charge in [0.05, 0.1) is 21.5 Å². The second-order valence-corrected chi connectivity index (χ2v) is 5.18. The van der Waals surface area contributed by atoms with Gasteiger partial charge in [0, 0.05) is 11.6 Å². The maximum absolute atomic E-state index is 12.7. The number of aromatic nitrogens is 3. The summed E-state index contributed by atoms with van der Waals surface area (Å²) in [7, 11) is 0. The summed E-state index contributed by atoms with van der Waals surface area (Å²) in [4.78, 5) is 12.7. The van der Waals surface area contributed by atoms with Crippen LogP contribution in [0.5, 0.6) is 0 Å². The predicted molar refractivity (Wildman–Crippen MR) is 70.7 cm³/mol. The van der Waals surface area contributed by atoms with Crippen molar-refractivity contribution >= 4 is 33.8 Å². The number of fused-ring (bicyclic) bond motifs is 1. The number of rotatable bonds is 1. The maximum atomic E-state index is 12.7. The van der Waals surface area contributed by atoms with E-state index in [0.717, 1.165) is 12.1 Å². The molecular formula is C12H5ClF3N3S. The summed E-state index contributed by atoms with van der Waals surface area (Å²) in [6, 6.07) is 3.20. The molecule has 0 aliphatic carbocycles. The third-order valence-corrected chi connectivity index (χ3v) is 3.69. The maximum Gasteiger partial charge on any atom is 0.416 e. The Balaban J connectivity index is 2.23. The Morgan fingerprint density at radius 2 is 1.95 bits per heavy atom. The summed E-state index contributed by atoms with van der Waals surface area (Å²) in [5.74, 6) is 0.268. The van der Waals surface area contributed by atoms with Crippen LogP contribution in [0.3, 0.4) is 0 Å². The minimum atomic E-state index is -4.42. The highest BCUT2D eigenvalue weighted by molar-refractivity contribution is 7.13. The highest BCUT2D eigenvalue weighted by Gasteiger charge is 2.30. The summed E-state index contributed by atoms with van der Waals surface area (Å²) >= 11 is 7.28. The molecule has 3 aromatic rings. The first kappa shape index (κ1) is 13.3. The number of nitrogens with zero attached hydrogens (tertiary/aromatic N) is 3. The van der Waals surface area contributed by atoms with Gasteiger partial charge in [-0.1, -0.05) is 11.6 Å². The van der Waals surface area contributed by atoms with Crippen molar-refractivity contribution in [1.29, 1.82) is 0 Å². The Morgan fingerprint density at radius 3 is 2.60 bits per heavy atom. The molecule has 1 aromatic carbocycles. The predicted octanol–water partition coefficient (Wildman–Crippen LogP) is 4.43. The molecule has 0 amide bonds. The van der Waals surface area contributed by atoms with Gasteiger partial charge in [-0.05, 0) is 18.2 Å². The van der Waals surface area contributed by atoms with E-state index in [9.17, 15) is 13.2 Å². The van der Waals surface area contributed by atoms with Crippen LogP contribution in [0.1, 0.15) is 5.56 Å². The molecule has 8 heteroatoms. The molecule has 3 rings (SSSR count). The lowest BCUT2D eigenvalue weighted by molar-refractivity contribution is -0.137. The van der Waals surface area contributed by atoms with E-state index >= 15 is 0 Å². The van der Waals surface area contributed by atoms with E-state index in [0.29, 0.717) is 10.3 Å². The Morgan fingerprint density at radius 1 is 1.15 bits per heavy atom. The Hall–Kier alpha value is -1.73. The molecule has 0 spiro atoms. The van der Waals surface area contributed by atoms with E-state index in [1.54, 1.807) is 5.51 Å². The molecule has 0 saturated heterocycles. The molecule has 20 heavy (non-hydrogen) atoms. The van der Waals surface area contributed by atoms with Gasteiger partial charge >= 0.3 is 6.18 Å². The second-order valence-electron chi connectivity index (χ2n) is 3.93. The van der Waals surface area contributed by atoms with Crippen LogP contribution in [0, 0.1) is 0 Å². The van der Waals surface area contributed by atoms with Gasteiger partial charge < -0.3 is 0 Å². The first-order valence-electron chi connectivity index (χ1n) is 5.38. The fraction of sp³-hybridized carbons (Fsp3) is 0.0833. The molecule has 0 fully saturated rings. The van der Waals surface area contributed by atoms with Gasteiger partial charge in [0.15, 0.2) is 5.82 Å². The molecule has 2 aromatic heterocycles. The van der Waals surface area contributed by atoms with Crippen LogP contribution >= 0.6 is 22.9 Å². The van der Waals surface area contributed by atoms with E-state index in [1.807, 2.05) is 0 Å². The van der Waals surface area contributed by atoms with Crippen molar-refractivity contribution in [2.75, 3.05) is 0 Å². The van der Waals surface area contributed by atoms with Crippen LogP contribution in [0.15, 0.2) is 29.9 Å². The van der Waals surface area contributed by atoms with Crippen molar-refractivity contribution in [3.05, 3.63) is 40.6 Å².